The predicted octanol–water partition coefficient (Wildman–Crippen LogP) is 1.86. The Morgan fingerprint density at radius 3 is 2.67 bits per heavy atom. The summed E-state index contributed by atoms with van der Waals surface area (Å²) in [5, 5.41) is 0. The summed E-state index contributed by atoms with van der Waals surface area (Å²) < 4.78 is 28.2. The number of sulfonamides is 1. The summed E-state index contributed by atoms with van der Waals surface area (Å²) in [6, 6.07) is 10.5. The first-order chi connectivity index (χ1) is 10.0. The Hall–Kier alpha value is -1.03. The number of fused-ring (bicyclic) bond motifs is 1. The Balaban J connectivity index is 1.82. The molecule has 21 heavy (non-hydrogen) atoms. The van der Waals surface area contributed by atoms with Crippen molar-refractivity contribution in [3.8, 4) is 0 Å². The third kappa shape index (κ3) is 3.42. The van der Waals surface area contributed by atoms with Crippen LogP contribution in [0, 0.1) is 5.92 Å². The number of piperidine rings is 1. The van der Waals surface area contributed by atoms with Gasteiger partial charge in [0.2, 0.25) is 0 Å². The van der Waals surface area contributed by atoms with Crippen LogP contribution in [-0.4, -0.2) is 40.5 Å². The summed E-state index contributed by atoms with van der Waals surface area (Å²) in [6.07, 6.45) is 8.55. The molecule has 1 aliphatic carbocycles. The van der Waals surface area contributed by atoms with Crippen LogP contribution in [0.3, 0.4) is 0 Å². The molecule has 1 saturated heterocycles. The van der Waals surface area contributed by atoms with Crippen LogP contribution in [-0.2, 0) is 10.0 Å². The summed E-state index contributed by atoms with van der Waals surface area (Å²) in [5.41, 5.74) is 0.997. The van der Waals surface area contributed by atoms with Crippen molar-refractivity contribution in [2.45, 2.75) is 19.3 Å². The molecule has 0 saturated carbocycles. The third-order valence-electron chi connectivity index (χ3n) is 3.90. The van der Waals surface area contributed by atoms with Gasteiger partial charge in [-0.15, -0.1) is 0 Å². The molecule has 0 N–H and O–H groups in total. The van der Waals surface area contributed by atoms with E-state index in [9.17, 15) is 8.42 Å². The van der Waals surface area contributed by atoms with E-state index in [1.807, 2.05) is 12.1 Å². The molecular weight excluding hydrogens is 349 g/mol. The summed E-state index contributed by atoms with van der Waals surface area (Å²) in [7, 11) is -3.13. The molecule has 1 aliphatic heterocycles. The van der Waals surface area contributed by atoms with Gasteiger partial charge in [-0.2, -0.15) is 0 Å². The standard InChI is InChI=1S/C16H19NO2SSe/c1-20(18,19)17-11-5-6-13-12-15(9-10-16(13)17)21-14-7-3-2-4-8-14/h2-4,7-10,13H,5-6,11-12H2,1H3. The second-order valence-corrected chi connectivity index (χ2v) is 9.94. The van der Waals surface area contributed by atoms with Gasteiger partial charge in [0.25, 0.3) is 0 Å². The fourth-order valence-corrected chi connectivity index (χ4v) is 6.14. The zero-order chi connectivity index (χ0) is 14.9. The van der Waals surface area contributed by atoms with Gasteiger partial charge in [0.1, 0.15) is 0 Å². The van der Waals surface area contributed by atoms with Gasteiger partial charge in [-0.1, -0.05) is 0 Å². The molecule has 112 valence electrons. The van der Waals surface area contributed by atoms with Crippen LogP contribution in [0.2, 0.25) is 0 Å². The molecule has 1 aromatic rings. The van der Waals surface area contributed by atoms with E-state index in [0.717, 1.165) is 25.0 Å². The first-order valence-corrected chi connectivity index (χ1v) is 10.7. The number of nitrogens with zero attached hydrogens (tertiary/aromatic N) is 1. The van der Waals surface area contributed by atoms with Crippen LogP contribution in [0.15, 0.2) is 52.7 Å². The van der Waals surface area contributed by atoms with E-state index in [4.69, 9.17) is 0 Å². The number of allylic oxidation sites excluding steroid dienone is 4. The Labute approximate surface area is 132 Å². The predicted molar refractivity (Wildman–Crippen MR) is 86.9 cm³/mol. The second kappa shape index (κ2) is 5.99. The van der Waals surface area contributed by atoms with E-state index in [0.29, 0.717) is 27.4 Å². The van der Waals surface area contributed by atoms with Crippen molar-refractivity contribution < 1.29 is 8.42 Å². The van der Waals surface area contributed by atoms with E-state index >= 15 is 0 Å². The van der Waals surface area contributed by atoms with Crippen molar-refractivity contribution in [3.05, 3.63) is 52.7 Å². The maximum absolute atomic E-state index is 11.9. The normalized spacial score (nSPS) is 22.3. The average molecular weight is 368 g/mol. The quantitative estimate of drug-likeness (QED) is 0.764. The summed E-state index contributed by atoms with van der Waals surface area (Å²) in [5.74, 6) is 0.374. The molecule has 0 bridgehead atoms. The summed E-state index contributed by atoms with van der Waals surface area (Å²) >= 11 is 0.344. The number of hydrogen-bond donors (Lipinski definition) is 0. The Morgan fingerprint density at radius 2 is 1.95 bits per heavy atom. The summed E-state index contributed by atoms with van der Waals surface area (Å²) in [6.45, 7) is 0.633. The van der Waals surface area contributed by atoms with Crippen LogP contribution in [0.5, 0.6) is 0 Å². The van der Waals surface area contributed by atoms with Gasteiger partial charge >= 0.3 is 133 Å². The van der Waals surface area contributed by atoms with E-state index < -0.39 is 10.0 Å². The van der Waals surface area contributed by atoms with E-state index in [1.165, 1.54) is 15.2 Å². The van der Waals surface area contributed by atoms with Gasteiger partial charge in [0.05, 0.1) is 0 Å². The monoisotopic (exact) mass is 369 g/mol. The Bertz CT molecular complexity index is 679. The third-order valence-corrected chi connectivity index (χ3v) is 7.34. The fraction of sp³-hybridized carbons (Fsp3) is 0.375. The molecule has 2 aliphatic rings. The average Bonchev–Trinajstić information content (AvgIpc) is 2.46. The van der Waals surface area contributed by atoms with E-state index in [-0.39, 0.29) is 0 Å². The van der Waals surface area contributed by atoms with Crippen LogP contribution in [0.4, 0.5) is 0 Å². The van der Waals surface area contributed by atoms with Gasteiger partial charge in [-0.25, -0.2) is 0 Å². The number of hydrogen-bond acceptors (Lipinski definition) is 2. The Kier molecular flexibility index (Phi) is 4.25. The van der Waals surface area contributed by atoms with Gasteiger partial charge in [-0.3, -0.25) is 0 Å². The zero-order valence-corrected chi connectivity index (χ0v) is 14.6. The van der Waals surface area contributed by atoms with Crippen molar-refractivity contribution in [1.29, 1.82) is 0 Å². The second-order valence-electron chi connectivity index (χ2n) is 5.52. The van der Waals surface area contributed by atoms with E-state index in [2.05, 4.69) is 30.3 Å². The van der Waals surface area contributed by atoms with Crippen molar-refractivity contribution in [2.24, 2.45) is 5.92 Å². The molecule has 0 aromatic heterocycles. The molecule has 3 rings (SSSR count). The van der Waals surface area contributed by atoms with Crippen LogP contribution in [0.1, 0.15) is 19.3 Å². The minimum atomic E-state index is -3.13. The first kappa shape index (κ1) is 14.9. The molecule has 0 amide bonds. The SMILES string of the molecule is CS(=O)(=O)N1CCCC2CC([Se]c3ccccc3)=CC=C21. The van der Waals surface area contributed by atoms with Gasteiger partial charge in [-0.05, 0) is 0 Å². The van der Waals surface area contributed by atoms with Crippen LogP contribution >= 0.6 is 0 Å². The fourth-order valence-electron chi connectivity index (χ4n) is 2.95. The molecule has 1 aromatic carbocycles. The van der Waals surface area contributed by atoms with Crippen LogP contribution in [0.25, 0.3) is 0 Å². The molecule has 1 atom stereocenters. The summed E-state index contributed by atoms with van der Waals surface area (Å²) in [4.78, 5) is 0. The molecule has 1 fully saturated rings. The zero-order valence-electron chi connectivity index (χ0n) is 12.0. The Morgan fingerprint density at radius 1 is 1.19 bits per heavy atom. The molecule has 0 spiro atoms. The van der Waals surface area contributed by atoms with Crippen molar-refractivity contribution in [2.75, 3.05) is 12.8 Å². The van der Waals surface area contributed by atoms with Crippen molar-refractivity contribution in [1.82, 2.24) is 4.31 Å². The van der Waals surface area contributed by atoms with Gasteiger partial charge in [0.15, 0.2) is 0 Å². The maximum atomic E-state index is 11.9. The van der Waals surface area contributed by atoms with E-state index in [1.54, 1.807) is 4.31 Å². The molecule has 5 heteroatoms. The van der Waals surface area contributed by atoms with Crippen LogP contribution < -0.4 is 4.46 Å². The minimum absolute atomic E-state index is 0.344. The molecule has 1 heterocycles. The van der Waals surface area contributed by atoms with Crippen molar-refractivity contribution in [3.63, 3.8) is 0 Å². The van der Waals surface area contributed by atoms with Crippen molar-refractivity contribution >= 4 is 29.4 Å². The number of benzene rings is 1. The topological polar surface area (TPSA) is 37.4 Å². The number of rotatable bonds is 3. The first-order valence-electron chi connectivity index (χ1n) is 7.15. The van der Waals surface area contributed by atoms with Gasteiger partial charge in [0, 0.05) is 0 Å². The molecular formula is C16H19NO2SSe. The van der Waals surface area contributed by atoms with Gasteiger partial charge < -0.3 is 0 Å². The molecule has 3 nitrogen and oxygen atoms in total. The molecule has 1 unspecified atom stereocenters. The molecule has 0 radical (unpaired) electrons.